The normalized spacial score (nSPS) is 10.0. The molecule has 1 rings (SSSR count). The van der Waals surface area contributed by atoms with Crippen LogP contribution in [0.25, 0.3) is 0 Å². The third-order valence-corrected chi connectivity index (χ3v) is 2.85. The van der Waals surface area contributed by atoms with E-state index in [1.54, 1.807) is 11.9 Å². The van der Waals surface area contributed by atoms with Gasteiger partial charge >= 0.3 is 0 Å². The van der Waals surface area contributed by atoms with E-state index >= 15 is 0 Å². The van der Waals surface area contributed by atoms with Crippen molar-refractivity contribution in [2.75, 3.05) is 26.7 Å². The second-order valence-corrected chi connectivity index (χ2v) is 4.39. The van der Waals surface area contributed by atoms with Crippen LogP contribution in [-0.2, 0) is 16.0 Å². The van der Waals surface area contributed by atoms with Crippen LogP contribution in [0.1, 0.15) is 12.0 Å². The molecule has 0 aromatic heterocycles. The Labute approximate surface area is 113 Å². The molecule has 0 saturated carbocycles. The Morgan fingerprint density at radius 2 is 1.95 bits per heavy atom. The van der Waals surface area contributed by atoms with Crippen molar-refractivity contribution in [2.24, 2.45) is 5.73 Å². The van der Waals surface area contributed by atoms with Gasteiger partial charge in [-0.15, -0.1) is 0 Å². The minimum atomic E-state index is -0.314. The standard InChI is InChI=1S/C14H21N3O2/c1-17(14(19)11-16-13(18)10-15)9-5-8-12-6-3-2-4-7-12/h2-4,6-7H,5,8-11,15H2,1H3,(H,16,18). The molecule has 5 heteroatoms. The summed E-state index contributed by atoms with van der Waals surface area (Å²) in [7, 11) is 1.74. The van der Waals surface area contributed by atoms with Crippen molar-refractivity contribution in [1.29, 1.82) is 0 Å². The van der Waals surface area contributed by atoms with Gasteiger partial charge in [0.1, 0.15) is 0 Å². The molecular weight excluding hydrogens is 242 g/mol. The highest BCUT2D eigenvalue weighted by Gasteiger charge is 2.09. The molecule has 0 aliphatic carbocycles. The number of rotatable bonds is 7. The summed E-state index contributed by atoms with van der Waals surface area (Å²) in [4.78, 5) is 24.2. The highest BCUT2D eigenvalue weighted by atomic mass is 16.2. The molecule has 0 radical (unpaired) electrons. The number of benzene rings is 1. The molecule has 0 spiro atoms. The van der Waals surface area contributed by atoms with Gasteiger partial charge in [0, 0.05) is 13.6 Å². The Bertz CT molecular complexity index is 406. The van der Waals surface area contributed by atoms with Crippen molar-refractivity contribution in [2.45, 2.75) is 12.8 Å². The van der Waals surface area contributed by atoms with Gasteiger partial charge in [0.05, 0.1) is 13.1 Å². The van der Waals surface area contributed by atoms with Crippen LogP contribution in [-0.4, -0.2) is 43.4 Å². The first-order valence-corrected chi connectivity index (χ1v) is 6.38. The molecule has 1 aromatic carbocycles. The quantitative estimate of drug-likeness (QED) is 0.735. The van der Waals surface area contributed by atoms with Gasteiger partial charge in [-0.25, -0.2) is 0 Å². The highest BCUT2D eigenvalue weighted by Crippen LogP contribution is 2.02. The summed E-state index contributed by atoms with van der Waals surface area (Å²) in [6.45, 7) is 0.592. The molecule has 0 bridgehead atoms. The maximum absolute atomic E-state index is 11.7. The van der Waals surface area contributed by atoms with Crippen LogP contribution in [0.4, 0.5) is 0 Å². The van der Waals surface area contributed by atoms with Gasteiger partial charge in [-0.1, -0.05) is 30.3 Å². The largest absolute Gasteiger partial charge is 0.346 e. The molecule has 0 fully saturated rings. The zero-order chi connectivity index (χ0) is 14.1. The fraction of sp³-hybridized carbons (Fsp3) is 0.429. The molecule has 0 aliphatic rings. The van der Waals surface area contributed by atoms with Crippen molar-refractivity contribution < 1.29 is 9.59 Å². The molecule has 0 aliphatic heterocycles. The van der Waals surface area contributed by atoms with Crippen LogP contribution in [0.2, 0.25) is 0 Å². The van der Waals surface area contributed by atoms with Gasteiger partial charge in [-0.05, 0) is 18.4 Å². The molecule has 0 saturated heterocycles. The van der Waals surface area contributed by atoms with Crippen LogP contribution < -0.4 is 11.1 Å². The first-order chi connectivity index (χ1) is 9.13. The molecule has 3 N–H and O–H groups in total. The predicted molar refractivity (Wildman–Crippen MR) is 74.5 cm³/mol. The van der Waals surface area contributed by atoms with Gasteiger partial charge in [0.15, 0.2) is 0 Å². The fourth-order valence-corrected chi connectivity index (χ4v) is 1.67. The average Bonchev–Trinajstić information content (AvgIpc) is 2.45. The second-order valence-electron chi connectivity index (χ2n) is 4.39. The first-order valence-electron chi connectivity index (χ1n) is 6.38. The number of nitrogens with two attached hydrogens (primary N) is 1. The van der Waals surface area contributed by atoms with Gasteiger partial charge in [0.2, 0.25) is 11.8 Å². The maximum Gasteiger partial charge on any atom is 0.241 e. The number of carbonyl (C=O) groups is 2. The zero-order valence-corrected chi connectivity index (χ0v) is 11.3. The van der Waals surface area contributed by atoms with Crippen molar-refractivity contribution in [3.8, 4) is 0 Å². The SMILES string of the molecule is CN(CCCc1ccccc1)C(=O)CNC(=O)CN. The summed E-state index contributed by atoms with van der Waals surface area (Å²) < 4.78 is 0. The number of nitrogens with one attached hydrogen (secondary N) is 1. The van der Waals surface area contributed by atoms with Crippen LogP contribution in [0, 0.1) is 0 Å². The number of hydrogen-bond donors (Lipinski definition) is 2. The van der Waals surface area contributed by atoms with Crippen molar-refractivity contribution in [1.82, 2.24) is 10.2 Å². The maximum atomic E-state index is 11.7. The molecule has 0 atom stereocenters. The summed E-state index contributed by atoms with van der Waals surface area (Å²) in [5.41, 5.74) is 6.41. The number of aryl methyl sites for hydroxylation is 1. The first kappa shape index (κ1) is 15.2. The van der Waals surface area contributed by atoms with Gasteiger partial charge < -0.3 is 16.0 Å². The molecule has 0 unspecified atom stereocenters. The van der Waals surface area contributed by atoms with Crippen molar-refractivity contribution >= 4 is 11.8 Å². The van der Waals surface area contributed by atoms with E-state index in [9.17, 15) is 9.59 Å². The number of carbonyl (C=O) groups excluding carboxylic acids is 2. The smallest absolute Gasteiger partial charge is 0.241 e. The second kappa shape index (κ2) is 8.26. The van der Waals surface area contributed by atoms with Crippen molar-refractivity contribution in [3.05, 3.63) is 35.9 Å². The monoisotopic (exact) mass is 263 g/mol. The lowest BCUT2D eigenvalue weighted by Gasteiger charge is -2.17. The minimum absolute atomic E-state index is 0.0118. The van der Waals surface area contributed by atoms with E-state index in [2.05, 4.69) is 17.4 Å². The molecule has 0 heterocycles. The summed E-state index contributed by atoms with van der Waals surface area (Å²) in [6, 6.07) is 10.1. The number of likely N-dealkylation sites (N-methyl/N-ethyl adjacent to an activating group) is 1. The lowest BCUT2D eigenvalue weighted by atomic mass is 10.1. The summed E-state index contributed by atoms with van der Waals surface area (Å²) in [6.07, 6.45) is 1.84. The third-order valence-electron chi connectivity index (χ3n) is 2.85. The average molecular weight is 263 g/mol. The van der Waals surface area contributed by atoms with E-state index in [0.717, 1.165) is 12.8 Å². The van der Waals surface area contributed by atoms with Gasteiger partial charge in [0.25, 0.3) is 0 Å². The van der Waals surface area contributed by atoms with E-state index < -0.39 is 0 Å². The van der Waals surface area contributed by atoms with Crippen molar-refractivity contribution in [3.63, 3.8) is 0 Å². The zero-order valence-electron chi connectivity index (χ0n) is 11.3. The number of hydrogen-bond acceptors (Lipinski definition) is 3. The molecule has 19 heavy (non-hydrogen) atoms. The Morgan fingerprint density at radius 1 is 1.26 bits per heavy atom. The summed E-state index contributed by atoms with van der Waals surface area (Å²) in [5, 5.41) is 2.47. The number of amides is 2. The Balaban J connectivity index is 2.21. The lowest BCUT2D eigenvalue weighted by molar-refractivity contribution is -0.131. The van der Waals surface area contributed by atoms with Crippen LogP contribution in [0.15, 0.2) is 30.3 Å². The third kappa shape index (κ3) is 6.01. The topological polar surface area (TPSA) is 75.4 Å². The van der Waals surface area contributed by atoms with Crippen LogP contribution >= 0.6 is 0 Å². The molecule has 104 valence electrons. The molecule has 2 amide bonds. The highest BCUT2D eigenvalue weighted by molar-refractivity contribution is 5.85. The van der Waals surface area contributed by atoms with Crippen LogP contribution in [0.5, 0.6) is 0 Å². The number of nitrogens with zero attached hydrogens (tertiary/aromatic N) is 1. The lowest BCUT2D eigenvalue weighted by Crippen LogP contribution is -2.40. The van der Waals surface area contributed by atoms with E-state index in [1.165, 1.54) is 5.56 Å². The Morgan fingerprint density at radius 3 is 2.58 bits per heavy atom. The van der Waals surface area contributed by atoms with E-state index in [0.29, 0.717) is 6.54 Å². The molecular formula is C14H21N3O2. The summed E-state index contributed by atoms with van der Waals surface area (Å²) in [5.74, 6) is -0.416. The Kier molecular flexibility index (Phi) is 6.60. The van der Waals surface area contributed by atoms with Crippen LogP contribution in [0.3, 0.4) is 0 Å². The van der Waals surface area contributed by atoms with E-state index in [4.69, 9.17) is 5.73 Å². The fourth-order valence-electron chi connectivity index (χ4n) is 1.67. The van der Waals surface area contributed by atoms with Gasteiger partial charge in [-0.3, -0.25) is 9.59 Å². The van der Waals surface area contributed by atoms with E-state index in [1.807, 2.05) is 18.2 Å². The summed E-state index contributed by atoms with van der Waals surface area (Å²) >= 11 is 0. The van der Waals surface area contributed by atoms with Gasteiger partial charge in [-0.2, -0.15) is 0 Å². The Hall–Kier alpha value is -1.88. The molecule has 1 aromatic rings. The minimum Gasteiger partial charge on any atom is -0.346 e. The molecule has 5 nitrogen and oxygen atoms in total. The predicted octanol–water partition coefficient (Wildman–Crippen LogP) is 0.153. The van der Waals surface area contributed by atoms with E-state index in [-0.39, 0.29) is 24.9 Å².